The monoisotopic (exact) mass is 505 g/mol. The van der Waals surface area contributed by atoms with Gasteiger partial charge in [0.15, 0.2) is 0 Å². The highest BCUT2D eigenvalue weighted by Crippen LogP contribution is 2.36. The van der Waals surface area contributed by atoms with Gasteiger partial charge < -0.3 is 14.4 Å². The van der Waals surface area contributed by atoms with Crippen molar-refractivity contribution in [1.82, 2.24) is 14.5 Å². The number of hydrogen-bond donors (Lipinski definition) is 1. The number of alkyl halides is 3. The number of pyridine rings is 1. The zero-order chi connectivity index (χ0) is 25.5. The van der Waals surface area contributed by atoms with E-state index in [0.29, 0.717) is 22.6 Å². The van der Waals surface area contributed by atoms with Crippen LogP contribution in [0.4, 0.5) is 13.2 Å². The van der Waals surface area contributed by atoms with Gasteiger partial charge in [0.2, 0.25) is 0 Å². The predicted octanol–water partition coefficient (Wildman–Crippen LogP) is 5.98. The van der Waals surface area contributed by atoms with Gasteiger partial charge in [-0.15, -0.1) is 0 Å². The van der Waals surface area contributed by atoms with Gasteiger partial charge in [-0.1, -0.05) is 42.8 Å². The number of halogens is 4. The SMILES string of the molecule is Cc1cc(OCC2(C)C=CC=CC2C(=O)O)cc2c1nc(C)n2Cc1ncc(C(F)(F)F)cc1Cl. The van der Waals surface area contributed by atoms with Crippen LogP contribution in [0.15, 0.2) is 48.7 Å². The second-order valence-corrected chi connectivity index (χ2v) is 9.26. The molecule has 10 heteroatoms. The highest BCUT2D eigenvalue weighted by molar-refractivity contribution is 6.31. The maximum Gasteiger partial charge on any atom is 0.417 e. The van der Waals surface area contributed by atoms with E-state index < -0.39 is 29.0 Å². The number of imidazole rings is 1. The minimum absolute atomic E-state index is 0.0880. The second-order valence-electron chi connectivity index (χ2n) is 8.86. The highest BCUT2D eigenvalue weighted by atomic mass is 35.5. The second kappa shape index (κ2) is 9.03. The molecule has 0 spiro atoms. The molecule has 0 radical (unpaired) electrons. The van der Waals surface area contributed by atoms with E-state index in [2.05, 4.69) is 9.97 Å². The van der Waals surface area contributed by atoms with E-state index in [-0.39, 0.29) is 23.9 Å². The molecule has 35 heavy (non-hydrogen) atoms. The van der Waals surface area contributed by atoms with Crippen molar-refractivity contribution in [3.63, 3.8) is 0 Å². The number of nitrogens with zero attached hydrogens (tertiary/aromatic N) is 3. The van der Waals surface area contributed by atoms with Gasteiger partial charge in [0, 0.05) is 17.7 Å². The Balaban J connectivity index is 1.64. The molecule has 2 aromatic heterocycles. The van der Waals surface area contributed by atoms with Crippen LogP contribution in [0.2, 0.25) is 5.02 Å². The first-order chi connectivity index (χ1) is 16.4. The molecule has 0 fully saturated rings. The van der Waals surface area contributed by atoms with E-state index in [4.69, 9.17) is 16.3 Å². The zero-order valence-corrected chi connectivity index (χ0v) is 20.0. The van der Waals surface area contributed by atoms with Crippen LogP contribution in [-0.4, -0.2) is 32.2 Å². The van der Waals surface area contributed by atoms with Gasteiger partial charge in [-0.25, -0.2) is 4.98 Å². The molecule has 1 N–H and O–H groups in total. The smallest absolute Gasteiger partial charge is 0.417 e. The van der Waals surface area contributed by atoms with Crippen molar-refractivity contribution in [2.24, 2.45) is 11.3 Å². The Morgan fingerprint density at radius 3 is 2.66 bits per heavy atom. The number of aryl methyl sites for hydroxylation is 2. The van der Waals surface area contributed by atoms with Crippen molar-refractivity contribution in [2.75, 3.05) is 6.61 Å². The summed E-state index contributed by atoms with van der Waals surface area (Å²) in [6.07, 6.45) is 3.20. The number of fused-ring (bicyclic) bond motifs is 1. The topological polar surface area (TPSA) is 77.2 Å². The molecule has 2 atom stereocenters. The van der Waals surface area contributed by atoms with Gasteiger partial charge in [-0.2, -0.15) is 13.2 Å². The molecule has 0 saturated carbocycles. The van der Waals surface area contributed by atoms with Crippen LogP contribution in [0.1, 0.15) is 29.6 Å². The Bertz CT molecular complexity index is 1360. The van der Waals surface area contributed by atoms with Gasteiger partial charge in [0.1, 0.15) is 11.6 Å². The summed E-state index contributed by atoms with van der Waals surface area (Å²) in [4.78, 5) is 20.2. The summed E-state index contributed by atoms with van der Waals surface area (Å²) in [5, 5.41) is 9.50. The molecule has 2 heterocycles. The molecule has 2 unspecified atom stereocenters. The summed E-state index contributed by atoms with van der Waals surface area (Å²) in [7, 11) is 0. The number of hydrogen-bond acceptors (Lipinski definition) is 4. The van der Waals surface area contributed by atoms with E-state index in [1.54, 1.807) is 31.2 Å². The molecule has 6 nitrogen and oxygen atoms in total. The predicted molar refractivity (Wildman–Crippen MR) is 126 cm³/mol. The number of carboxylic acid groups (broad SMARTS) is 1. The molecule has 0 saturated heterocycles. The van der Waals surface area contributed by atoms with E-state index >= 15 is 0 Å². The van der Waals surface area contributed by atoms with Gasteiger partial charge in [0.25, 0.3) is 0 Å². The summed E-state index contributed by atoms with van der Waals surface area (Å²) in [5.74, 6) is -0.497. The molecular formula is C25H23ClF3N3O3. The molecule has 3 aromatic rings. The first kappa shape index (κ1) is 24.8. The van der Waals surface area contributed by atoms with Crippen LogP contribution in [0.3, 0.4) is 0 Å². The van der Waals surface area contributed by atoms with Crippen molar-refractivity contribution in [3.8, 4) is 5.75 Å². The zero-order valence-electron chi connectivity index (χ0n) is 19.2. The molecule has 1 aliphatic carbocycles. The summed E-state index contributed by atoms with van der Waals surface area (Å²) in [5.41, 5.74) is 0.885. The lowest BCUT2D eigenvalue weighted by molar-refractivity contribution is -0.143. The van der Waals surface area contributed by atoms with E-state index in [1.165, 1.54) is 0 Å². The van der Waals surface area contributed by atoms with Crippen LogP contribution in [0, 0.1) is 25.2 Å². The molecule has 0 aliphatic heterocycles. The van der Waals surface area contributed by atoms with Gasteiger partial charge in [-0.05, 0) is 31.5 Å². The quantitative estimate of drug-likeness (QED) is 0.446. The molecule has 0 amide bonds. The largest absolute Gasteiger partial charge is 0.493 e. The molecule has 4 rings (SSSR count). The van der Waals surface area contributed by atoms with Crippen LogP contribution < -0.4 is 4.74 Å². The van der Waals surface area contributed by atoms with Crippen LogP contribution in [0.25, 0.3) is 11.0 Å². The first-order valence-corrected chi connectivity index (χ1v) is 11.2. The molecular weight excluding hydrogens is 483 g/mol. The lowest BCUT2D eigenvalue weighted by Crippen LogP contribution is -2.36. The van der Waals surface area contributed by atoms with Crippen LogP contribution in [0.5, 0.6) is 5.75 Å². The number of benzene rings is 1. The fourth-order valence-corrected chi connectivity index (χ4v) is 4.39. The van der Waals surface area contributed by atoms with Gasteiger partial charge in [0.05, 0.1) is 46.4 Å². The summed E-state index contributed by atoms with van der Waals surface area (Å²) in [6.45, 7) is 5.74. The summed E-state index contributed by atoms with van der Waals surface area (Å²) >= 11 is 6.13. The lowest BCUT2D eigenvalue weighted by atomic mass is 9.75. The fourth-order valence-electron chi connectivity index (χ4n) is 4.16. The average Bonchev–Trinajstić information content (AvgIpc) is 3.09. The van der Waals surface area contributed by atoms with Crippen LogP contribution in [-0.2, 0) is 17.5 Å². The minimum atomic E-state index is -4.53. The van der Waals surface area contributed by atoms with Crippen LogP contribution >= 0.6 is 11.6 Å². The van der Waals surface area contributed by atoms with Gasteiger partial charge >= 0.3 is 12.1 Å². The van der Waals surface area contributed by atoms with Crippen molar-refractivity contribution < 1.29 is 27.8 Å². The third-order valence-electron chi connectivity index (χ3n) is 6.18. The Morgan fingerprint density at radius 1 is 1.26 bits per heavy atom. The van der Waals surface area contributed by atoms with Crippen molar-refractivity contribution in [3.05, 3.63) is 76.4 Å². The number of carboxylic acids is 1. The summed E-state index contributed by atoms with van der Waals surface area (Å²) < 4.78 is 46.8. The number of allylic oxidation sites excluding steroid dienone is 2. The normalized spacial score (nSPS) is 19.9. The van der Waals surface area contributed by atoms with E-state index in [1.807, 2.05) is 30.6 Å². The Labute approximate surface area is 204 Å². The standard InChI is InChI=1S/C25H23ClF3N3O3/c1-14-8-17(35-13-24(3)7-5-4-6-18(24)23(33)34)10-21-22(14)31-15(2)32(21)12-20-19(26)9-16(11-30-20)25(27,28)29/h4-11,18H,12-13H2,1-3H3,(H,33,34). The van der Waals surface area contributed by atoms with Crippen molar-refractivity contribution in [2.45, 2.75) is 33.5 Å². The molecule has 184 valence electrons. The third kappa shape index (κ3) is 4.91. The molecule has 1 aliphatic rings. The number of carbonyl (C=O) groups is 1. The Kier molecular flexibility index (Phi) is 6.40. The van der Waals surface area contributed by atoms with Crippen molar-refractivity contribution in [1.29, 1.82) is 0 Å². The van der Waals surface area contributed by atoms with Gasteiger partial charge in [-0.3, -0.25) is 9.78 Å². The fraction of sp³-hybridized carbons (Fsp3) is 0.320. The number of ether oxygens (including phenoxy) is 1. The number of aliphatic carboxylic acids is 1. The number of aromatic nitrogens is 3. The average molecular weight is 506 g/mol. The highest BCUT2D eigenvalue weighted by Gasteiger charge is 2.37. The molecule has 1 aromatic carbocycles. The lowest BCUT2D eigenvalue weighted by Gasteiger charge is -2.32. The Hall–Kier alpha value is -3.33. The van der Waals surface area contributed by atoms with E-state index in [0.717, 1.165) is 17.8 Å². The minimum Gasteiger partial charge on any atom is -0.493 e. The Morgan fingerprint density at radius 2 is 2.00 bits per heavy atom. The maximum absolute atomic E-state index is 13.0. The summed E-state index contributed by atoms with van der Waals surface area (Å²) in [6, 6.07) is 4.47. The third-order valence-corrected chi connectivity index (χ3v) is 6.51. The maximum atomic E-state index is 13.0. The first-order valence-electron chi connectivity index (χ1n) is 10.8. The van der Waals surface area contributed by atoms with E-state index in [9.17, 15) is 23.1 Å². The number of rotatable bonds is 6. The van der Waals surface area contributed by atoms with Crippen molar-refractivity contribution >= 4 is 28.6 Å². The molecule has 0 bridgehead atoms.